The van der Waals surface area contributed by atoms with E-state index < -0.39 is 23.2 Å². The van der Waals surface area contributed by atoms with Gasteiger partial charge in [-0.25, -0.2) is 9.69 Å². The van der Waals surface area contributed by atoms with Gasteiger partial charge in [-0.15, -0.1) is 0 Å². The van der Waals surface area contributed by atoms with Crippen molar-refractivity contribution in [1.82, 2.24) is 9.80 Å². The van der Waals surface area contributed by atoms with E-state index in [0.717, 1.165) is 11.1 Å². The predicted molar refractivity (Wildman–Crippen MR) is 153 cm³/mol. The normalized spacial score (nSPS) is 23.2. The number of nitrogens with zero attached hydrogens (tertiary/aromatic N) is 2. The number of carbonyl (C=O) groups is 2. The Kier molecular flexibility index (Phi) is 7.60. The lowest BCUT2D eigenvalue weighted by Crippen LogP contribution is -2.47. The van der Waals surface area contributed by atoms with Crippen LogP contribution in [0.5, 0.6) is 11.5 Å². The minimum absolute atomic E-state index is 0.148. The highest BCUT2D eigenvalue weighted by atomic mass is 16.6. The van der Waals surface area contributed by atoms with Gasteiger partial charge in [0.05, 0.1) is 12.5 Å². The molecular weight excluding hydrogens is 504 g/mol. The number of carbonyl (C=O) groups excluding carboxylic acids is 2. The molecule has 2 aliphatic rings. The fourth-order valence-corrected chi connectivity index (χ4v) is 5.91. The van der Waals surface area contributed by atoms with E-state index in [2.05, 4.69) is 17.0 Å². The molecule has 2 aliphatic heterocycles. The Morgan fingerprint density at radius 2 is 1.65 bits per heavy atom. The molecule has 40 heavy (non-hydrogen) atoms. The maximum atomic E-state index is 14.5. The molecule has 2 fully saturated rings. The molecule has 0 aliphatic carbocycles. The first-order valence-corrected chi connectivity index (χ1v) is 13.8. The number of cyclic esters (lactones) is 1. The van der Waals surface area contributed by atoms with Crippen molar-refractivity contribution in [2.45, 2.75) is 51.8 Å². The molecular formula is C33H38N2O5. The third kappa shape index (κ3) is 5.56. The molecule has 3 aromatic carbocycles. The molecule has 5 rings (SSSR count). The highest BCUT2D eigenvalue weighted by Crippen LogP contribution is 2.48. The fraction of sp³-hybridized carbons (Fsp3) is 0.394. The highest BCUT2D eigenvalue weighted by Gasteiger charge is 2.54. The predicted octanol–water partition coefficient (Wildman–Crippen LogP) is 6.20. The van der Waals surface area contributed by atoms with E-state index >= 15 is 0 Å². The lowest BCUT2D eigenvalue weighted by atomic mass is 9.74. The van der Waals surface area contributed by atoms with Gasteiger partial charge in [-0.3, -0.25) is 9.69 Å². The molecule has 3 atom stereocenters. The molecule has 2 amide bonds. The van der Waals surface area contributed by atoms with Gasteiger partial charge in [-0.1, -0.05) is 66.7 Å². The van der Waals surface area contributed by atoms with E-state index in [-0.39, 0.29) is 18.4 Å². The molecule has 0 bridgehead atoms. The van der Waals surface area contributed by atoms with E-state index in [1.54, 1.807) is 7.11 Å². The summed E-state index contributed by atoms with van der Waals surface area (Å²) in [6.45, 7) is 9.96. The molecule has 0 N–H and O–H groups in total. The van der Waals surface area contributed by atoms with Crippen molar-refractivity contribution in [3.63, 3.8) is 0 Å². The van der Waals surface area contributed by atoms with Crippen molar-refractivity contribution >= 4 is 12.0 Å². The average molecular weight is 543 g/mol. The largest absolute Gasteiger partial charge is 0.493 e. The van der Waals surface area contributed by atoms with Crippen LogP contribution in [0.2, 0.25) is 0 Å². The number of methoxy groups -OCH3 is 1. The SMILES string of the molecule is COc1ccc([C@@H]2CN(Cc3ccccc3)CC2(C)C(=O)N2C(=O)OCC2c2ccccc2)cc1OC(C)(C)C. The summed E-state index contributed by atoms with van der Waals surface area (Å²) in [4.78, 5) is 31.2. The van der Waals surface area contributed by atoms with Gasteiger partial charge < -0.3 is 14.2 Å². The van der Waals surface area contributed by atoms with Crippen LogP contribution in [0.15, 0.2) is 78.9 Å². The maximum Gasteiger partial charge on any atom is 0.417 e. The Morgan fingerprint density at radius 3 is 2.30 bits per heavy atom. The van der Waals surface area contributed by atoms with Crippen LogP contribution in [-0.2, 0) is 16.1 Å². The van der Waals surface area contributed by atoms with Crippen LogP contribution in [0.4, 0.5) is 4.79 Å². The number of imide groups is 1. The zero-order valence-electron chi connectivity index (χ0n) is 23.9. The van der Waals surface area contributed by atoms with E-state index in [0.29, 0.717) is 31.1 Å². The molecule has 0 aromatic heterocycles. The Balaban J connectivity index is 1.54. The number of rotatable bonds is 7. The third-order valence-corrected chi connectivity index (χ3v) is 7.78. The maximum absolute atomic E-state index is 14.5. The zero-order chi connectivity index (χ0) is 28.5. The smallest absolute Gasteiger partial charge is 0.417 e. The van der Waals surface area contributed by atoms with E-state index in [9.17, 15) is 9.59 Å². The van der Waals surface area contributed by atoms with Gasteiger partial charge >= 0.3 is 6.09 Å². The Hall–Kier alpha value is -3.84. The van der Waals surface area contributed by atoms with E-state index in [1.165, 1.54) is 10.5 Å². The Morgan fingerprint density at radius 1 is 0.975 bits per heavy atom. The summed E-state index contributed by atoms with van der Waals surface area (Å²) in [7, 11) is 1.62. The molecule has 7 nitrogen and oxygen atoms in total. The number of benzene rings is 3. The van der Waals surface area contributed by atoms with Gasteiger partial charge in [0, 0.05) is 25.6 Å². The first kappa shape index (κ1) is 27.7. The average Bonchev–Trinajstić information content (AvgIpc) is 3.48. The molecule has 3 aromatic rings. The van der Waals surface area contributed by atoms with Crippen molar-refractivity contribution in [2.24, 2.45) is 5.41 Å². The van der Waals surface area contributed by atoms with Gasteiger partial charge in [0.15, 0.2) is 11.5 Å². The second-order valence-corrected chi connectivity index (χ2v) is 11.9. The first-order chi connectivity index (χ1) is 19.1. The van der Waals surface area contributed by atoms with Gasteiger partial charge in [0.1, 0.15) is 18.2 Å². The van der Waals surface area contributed by atoms with E-state index in [1.807, 2.05) is 94.4 Å². The number of amides is 2. The van der Waals surface area contributed by atoms with Crippen LogP contribution in [0.1, 0.15) is 56.3 Å². The topological polar surface area (TPSA) is 68.3 Å². The first-order valence-electron chi connectivity index (χ1n) is 13.8. The summed E-state index contributed by atoms with van der Waals surface area (Å²) in [5, 5.41) is 0. The summed E-state index contributed by atoms with van der Waals surface area (Å²) in [6, 6.07) is 25.3. The van der Waals surface area contributed by atoms with Crippen LogP contribution in [-0.4, -0.2) is 54.2 Å². The number of likely N-dealkylation sites (tertiary alicyclic amines) is 1. The molecule has 0 saturated carbocycles. The fourth-order valence-electron chi connectivity index (χ4n) is 5.91. The molecule has 210 valence electrons. The lowest BCUT2D eigenvalue weighted by molar-refractivity contribution is -0.139. The summed E-state index contributed by atoms with van der Waals surface area (Å²) in [5.74, 6) is 0.852. The molecule has 2 saturated heterocycles. The Bertz CT molecular complexity index is 1350. The second kappa shape index (κ2) is 11.0. The summed E-state index contributed by atoms with van der Waals surface area (Å²) in [6.07, 6.45) is -0.591. The Labute approximate surface area is 236 Å². The molecule has 7 heteroatoms. The van der Waals surface area contributed by atoms with E-state index in [4.69, 9.17) is 14.2 Å². The van der Waals surface area contributed by atoms with Crippen molar-refractivity contribution < 1.29 is 23.8 Å². The lowest BCUT2D eigenvalue weighted by Gasteiger charge is -2.34. The van der Waals surface area contributed by atoms with Crippen molar-refractivity contribution in [3.05, 3.63) is 95.6 Å². The van der Waals surface area contributed by atoms with Gasteiger partial charge in [-0.2, -0.15) is 0 Å². The highest BCUT2D eigenvalue weighted by molar-refractivity contribution is 5.97. The summed E-state index contributed by atoms with van der Waals surface area (Å²) >= 11 is 0. The zero-order valence-corrected chi connectivity index (χ0v) is 23.9. The monoisotopic (exact) mass is 542 g/mol. The van der Waals surface area contributed by atoms with Crippen LogP contribution in [0.3, 0.4) is 0 Å². The molecule has 0 spiro atoms. The number of hydrogen-bond acceptors (Lipinski definition) is 6. The van der Waals surface area contributed by atoms with Gasteiger partial charge in [0.2, 0.25) is 5.91 Å². The third-order valence-electron chi connectivity index (χ3n) is 7.78. The van der Waals surface area contributed by atoms with Crippen molar-refractivity contribution in [1.29, 1.82) is 0 Å². The minimum atomic E-state index is -0.890. The quantitative estimate of drug-likeness (QED) is 0.354. The van der Waals surface area contributed by atoms with Crippen molar-refractivity contribution in [2.75, 3.05) is 26.8 Å². The molecule has 2 unspecified atom stereocenters. The second-order valence-electron chi connectivity index (χ2n) is 11.9. The van der Waals surface area contributed by atoms with Crippen LogP contribution >= 0.6 is 0 Å². The number of ether oxygens (including phenoxy) is 3. The van der Waals surface area contributed by atoms with Crippen LogP contribution in [0.25, 0.3) is 0 Å². The van der Waals surface area contributed by atoms with Gasteiger partial charge in [-0.05, 0) is 56.5 Å². The molecule has 2 heterocycles. The van der Waals surface area contributed by atoms with Crippen LogP contribution in [0, 0.1) is 5.41 Å². The van der Waals surface area contributed by atoms with Crippen LogP contribution < -0.4 is 9.47 Å². The number of hydrogen-bond donors (Lipinski definition) is 0. The standard InChI is InChI=1S/C33H38N2O5/c1-32(2,3)40-29-18-25(16-17-28(29)38-5)26-20-34(19-23-12-8-6-9-13-23)22-33(26,4)30(36)35-27(21-39-31(35)37)24-14-10-7-11-15-24/h6-18,26-27H,19-22H2,1-5H3/t26-,27?,33?/m0/s1. The summed E-state index contributed by atoms with van der Waals surface area (Å²) in [5.41, 5.74) is 1.70. The van der Waals surface area contributed by atoms with Crippen molar-refractivity contribution in [3.8, 4) is 11.5 Å². The minimum Gasteiger partial charge on any atom is -0.493 e. The summed E-state index contributed by atoms with van der Waals surface area (Å²) < 4.78 is 17.3. The molecule has 0 radical (unpaired) electrons. The van der Waals surface area contributed by atoms with Gasteiger partial charge in [0.25, 0.3) is 0 Å².